The lowest BCUT2D eigenvalue weighted by atomic mass is 9.99. The molecule has 204 valence electrons. The Balaban J connectivity index is 1.50. The van der Waals surface area contributed by atoms with E-state index in [2.05, 4.69) is 47.6 Å². The lowest BCUT2D eigenvalue weighted by molar-refractivity contribution is -0.132. The Bertz CT molecular complexity index is 1170. The number of unbranched alkanes of at least 4 members (excludes halogenated alkanes) is 1. The highest BCUT2D eigenvalue weighted by Gasteiger charge is 2.22. The van der Waals surface area contributed by atoms with Crippen molar-refractivity contribution in [1.82, 2.24) is 14.5 Å². The number of methoxy groups -OCH3 is 2. The van der Waals surface area contributed by atoms with Crippen molar-refractivity contribution in [2.24, 2.45) is 5.92 Å². The van der Waals surface area contributed by atoms with E-state index >= 15 is 0 Å². The summed E-state index contributed by atoms with van der Waals surface area (Å²) < 4.78 is 13.1. The maximum atomic E-state index is 12.6. The quantitative estimate of drug-likeness (QED) is 0.182. The van der Waals surface area contributed by atoms with Gasteiger partial charge in [0.05, 0.1) is 25.6 Å². The van der Waals surface area contributed by atoms with Crippen molar-refractivity contribution in [2.75, 3.05) is 33.1 Å². The van der Waals surface area contributed by atoms with Gasteiger partial charge in [0, 0.05) is 42.9 Å². The zero-order valence-corrected chi connectivity index (χ0v) is 24.1. The number of hydrogen-bond donors (Lipinski definition) is 0. The fourth-order valence-electron chi connectivity index (χ4n) is 4.92. The Labute approximate surface area is 231 Å². The van der Waals surface area contributed by atoms with E-state index < -0.39 is 0 Å². The summed E-state index contributed by atoms with van der Waals surface area (Å²) in [6.07, 6.45) is 5.84. The van der Waals surface area contributed by atoms with Crippen LogP contribution in [0.2, 0.25) is 0 Å². The standard InChI is InChI=1S/C31H41N3O3S/c1-5-19-34-30(25-11-15-27(37-4)16-12-25)29(24-9-13-26(36-3)14-10-24)32-31(34)38-22-7-6-8-28(35)33-20-17-23(2)18-21-33/h9-16,23H,5-8,17-22H2,1-4H3. The lowest BCUT2D eigenvalue weighted by Gasteiger charge is -2.30. The second-order valence-corrected chi connectivity index (χ2v) is 11.1. The topological polar surface area (TPSA) is 56.6 Å². The first-order chi connectivity index (χ1) is 18.5. The monoisotopic (exact) mass is 535 g/mol. The van der Waals surface area contributed by atoms with E-state index in [-0.39, 0.29) is 0 Å². The molecule has 0 N–H and O–H groups in total. The molecule has 0 aliphatic carbocycles. The zero-order chi connectivity index (χ0) is 26.9. The van der Waals surface area contributed by atoms with Gasteiger partial charge in [-0.25, -0.2) is 4.98 Å². The predicted octanol–water partition coefficient (Wildman–Crippen LogP) is 7.17. The minimum absolute atomic E-state index is 0.318. The molecule has 1 fully saturated rings. The highest BCUT2D eigenvalue weighted by atomic mass is 32.2. The molecular weight excluding hydrogens is 494 g/mol. The number of carbonyl (C=O) groups is 1. The molecule has 2 heterocycles. The van der Waals surface area contributed by atoms with Crippen molar-refractivity contribution in [1.29, 1.82) is 0 Å². The molecule has 3 aromatic rings. The maximum absolute atomic E-state index is 12.6. The molecule has 1 saturated heterocycles. The van der Waals surface area contributed by atoms with Crippen LogP contribution in [0.15, 0.2) is 53.7 Å². The summed E-state index contributed by atoms with van der Waals surface area (Å²) in [6, 6.07) is 16.3. The highest BCUT2D eigenvalue weighted by molar-refractivity contribution is 7.99. The summed E-state index contributed by atoms with van der Waals surface area (Å²) in [5.41, 5.74) is 4.28. The van der Waals surface area contributed by atoms with Crippen LogP contribution in [0.4, 0.5) is 0 Å². The third-order valence-electron chi connectivity index (χ3n) is 7.26. The lowest BCUT2D eigenvalue weighted by Crippen LogP contribution is -2.37. The first-order valence-corrected chi connectivity index (χ1v) is 14.8. The third kappa shape index (κ3) is 6.93. The SMILES string of the molecule is CCCn1c(SCCCCC(=O)N2CCC(C)CC2)nc(-c2ccc(OC)cc2)c1-c1ccc(OC)cc1. The molecule has 0 unspecified atom stereocenters. The van der Waals surface area contributed by atoms with Crippen molar-refractivity contribution >= 4 is 17.7 Å². The molecule has 0 spiro atoms. The van der Waals surface area contributed by atoms with Crippen LogP contribution in [0.5, 0.6) is 11.5 Å². The van der Waals surface area contributed by atoms with Crippen molar-refractivity contribution in [2.45, 2.75) is 64.1 Å². The number of imidazole rings is 1. The van der Waals surface area contributed by atoms with Crippen LogP contribution in [0.3, 0.4) is 0 Å². The Morgan fingerprint density at radius 2 is 1.55 bits per heavy atom. The van der Waals surface area contributed by atoms with Crippen LogP contribution < -0.4 is 9.47 Å². The van der Waals surface area contributed by atoms with Gasteiger partial charge in [-0.1, -0.05) is 25.6 Å². The number of hydrogen-bond acceptors (Lipinski definition) is 5. The summed E-state index contributed by atoms with van der Waals surface area (Å²) in [6.45, 7) is 7.21. The van der Waals surface area contributed by atoms with E-state index in [1.165, 1.54) is 0 Å². The summed E-state index contributed by atoms with van der Waals surface area (Å²) in [7, 11) is 3.37. The third-order valence-corrected chi connectivity index (χ3v) is 8.32. The number of thioether (sulfide) groups is 1. The van der Waals surface area contributed by atoms with Crippen molar-refractivity contribution in [3.8, 4) is 34.0 Å². The van der Waals surface area contributed by atoms with Gasteiger partial charge in [0.2, 0.25) is 5.91 Å². The van der Waals surface area contributed by atoms with Gasteiger partial charge in [-0.15, -0.1) is 0 Å². The van der Waals surface area contributed by atoms with Crippen molar-refractivity contribution in [3.63, 3.8) is 0 Å². The minimum atomic E-state index is 0.318. The predicted molar refractivity (Wildman–Crippen MR) is 156 cm³/mol. The van der Waals surface area contributed by atoms with Gasteiger partial charge in [0.25, 0.3) is 0 Å². The highest BCUT2D eigenvalue weighted by Crippen LogP contribution is 2.37. The molecule has 0 atom stereocenters. The number of ether oxygens (including phenoxy) is 2. The molecule has 0 saturated carbocycles. The first-order valence-electron chi connectivity index (χ1n) is 13.8. The number of amides is 1. The fraction of sp³-hybridized carbons (Fsp3) is 0.484. The number of rotatable bonds is 12. The molecule has 6 nitrogen and oxygen atoms in total. The molecule has 1 aromatic heterocycles. The van der Waals surface area contributed by atoms with E-state index in [1.54, 1.807) is 26.0 Å². The van der Waals surface area contributed by atoms with E-state index in [4.69, 9.17) is 14.5 Å². The molecule has 0 radical (unpaired) electrons. The molecule has 38 heavy (non-hydrogen) atoms. The van der Waals surface area contributed by atoms with E-state index in [9.17, 15) is 4.79 Å². The van der Waals surface area contributed by atoms with Gasteiger partial charge < -0.3 is 18.9 Å². The summed E-state index contributed by atoms with van der Waals surface area (Å²) in [5.74, 6) is 3.67. The number of likely N-dealkylation sites (tertiary alicyclic amines) is 1. The van der Waals surface area contributed by atoms with Crippen LogP contribution in [0, 0.1) is 5.92 Å². The van der Waals surface area contributed by atoms with E-state index in [0.717, 1.165) is 103 Å². The smallest absolute Gasteiger partial charge is 0.222 e. The molecule has 1 aliphatic heterocycles. The maximum Gasteiger partial charge on any atom is 0.222 e. The van der Waals surface area contributed by atoms with Crippen LogP contribution in [-0.4, -0.2) is 53.4 Å². The second-order valence-electron chi connectivity index (χ2n) is 10.1. The average Bonchev–Trinajstić information content (AvgIpc) is 3.31. The Kier molecular flexibility index (Phi) is 10.2. The Morgan fingerprint density at radius 3 is 2.13 bits per heavy atom. The van der Waals surface area contributed by atoms with E-state index in [0.29, 0.717) is 12.3 Å². The summed E-state index contributed by atoms with van der Waals surface area (Å²) >= 11 is 1.79. The molecule has 7 heteroatoms. The summed E-state index contributed by atoms with van der Waals surface area (Å²) in [4.78, 5) is 19.8. The minimum Gasteiger partial charge on any atom is -0.497 e. The van der Waals surface area contributed by atoms with Crippen molar-refractivity contribution in [3.05, 3.63) is 48.5 Å². The molecular formula is C31H41N3O3S. The molecule has 2 aromatic carbocycles. The fourth-order valence-corrected chi connectivity index (χ4v) is 5.95. The van der Waals surface area contributed by atoms with Gasteiger partial charge in [-0.05, 0) is 86.6 Å². The number of aromatic nitrogens is 2. The van der Waals surface area contributed by atoms with Gasteiger partial charge in [0.15, 0.2) is 5.16 Å². The normalized spacial score (nSPS) is 14.1. The van der Waals surface area contributed by atoms with Crippen LogP contribution in [-0.2, 0) is 11.3 Å². The van der Waals surface area contributed by atoms with Crippen molar-refractivity contribution < 1.29 is 14.3 Å². The van der Waals surface area contributed by atoms with Crippen LogP contribution in [0.1, 0.15) is 52.4 Å². The largest absolute Gasteiger partial charge is 0.497 e. The molecule has 1 amide bonds. The van der Waals surface area contributed by atoms with E-state index in [1.807, 2.05) is 24.3 Å². The zero-order valence-electron chi connectivity index (χ0n) is 23.2. The first kappa shape index (κ1) is 28.1. The van der Waals surface area contributed by atoms with Crippen LogP contribution >= 0.6 is 11.8 Å². The number of piperidine rings is 1. The summed E-state index contributed by atoms with van der Waals surface area (Å²) in [5, 5.41) is 1.03. The number of carbonyl (C=O) groups excluding carboxylic acids is 1. The second kappa shape index (κ2) is 13.7. The number of nitrogens with zero attached hydrogens (tertiary/aromatic N) is 3. The van der Waals surface area contributed by atoms with Gasteiger partial charge in [0.1, 0.15) is 11.5 Å². The van der Waals surface area contributed by atoms with Gasteiger partial charge in [-0.2, -0.15) is 0 Å². The van der Waals surface area contributed by atoms with Gasteiger partial charge in [-0.3, -0.25) is 4.79 Å². The molecule has 1 aliphatic rings. The van der Waals surface area contributed by atoms with Crippen LogP contribution in [0.25, 0.3) is 22.5 Å². The Morgan fingerprint density at radius 1 is 0.947 bits per heavy atom. The Hall–Kier alpha value is -2.93. The molecule has 0 bridgehead atoms. The molecule has 4 rings (SSSR count). The van der Waals surface area contributed by atoms with Gasteiger partial charge >= 0.3 is 0 Å². The average molecular weight is 536 g/mol. The number of benzene rings is 2.